The summed E-state index contributed by atoms with van der Waals surface area (Å²) in [6.45, 7) is 4.11. The second-order valence-corrected chi connectivity index (χ2v) is 7.84. The zero-order valence-corrected chi connectivity index (χ0v) is 12.6. The van der Waals surface area contributed by atoms with E-state index in [1.807, 2.05) is 0 Å². The van der Waals surface area contributed by atoms with Gasteiger partial charge in [0.2, 0.25) is 0 Å². The number of rotatable bonds is 3. The maximum absolute atomic E-state index is 9.56. The molecule has 0 unspecified atom stereocenters. The lowest BCUT2D eigenvalue weighted by molar-refractivity contribution is 0.482. The summed E-state index contributed by atoms with van der Waals surface area (Å²) in [5, 5.41) is 0. The van der Waals surface area contributed by atoms with Crippen molar-refractivity contribution in [2.75, 3.05) is 17.3 Å². The number of hydrogen-bond donors (Lipinski definition) is 3. The Morgan fingerprint density at radius 2 is 0.632 bits per heavy atom. The lowest BCUT2D eigenvalue weighted by Gasteiger charge is -1.79. The third kappa shape index (κ3) is 57.6. The first kappa shape index (κ1) is 27.1. The van der Waals surface area contributed by atoms with Gasteiger partial charge in [-0.2, -0.15) is 25.3 Å². The fourth-order valence-electron chi connectivity index (χ4n) is 0. The van der Waals surface area contributed by atoms with E-state index in [2.05, 4.69) is 0 Å². The third-order valence-electron chi connectivity index (χ3n) is 1.09. The van der Waals surface area contributed by atoms with Gasteiger partial charge in [0.25, 0.3) is 30.4 Å². The first-order valence-corrected chi connectivity index (χ1v) is 9.36. The van der Waals surface area contributed by atoms with Crippen LogP contribution in [0, 0.1) is 0 Å². The Labute approximate surface area is 115 Å². The van der Waals surface area contributed by atoms with Crippen LogP contribution in [-0.4, -0.2) is 56.2 Å². The predicted octanol–water partition coefficient (Wildman–Crippen LogP) is 0.318. The Balaban J connectivity index is -0.0000000865. The molecule has 19 heavy (non-hydrogen) atoms. The summed E-state index contributed by atoms with van der Waals surface area (Å²) in [6.07, 6.45) is 0. The van der Waals surface area contributed by atoms with Gasteiger partial charge in [0.05, 0.1) is 17.3 Å². The molecule has 0 amide bonds. The van der Waals surface area contributed by atoms with E-state index in [1.165, 1.54) is 20.8 Å². The highest BCUT2D eigenvalue weighted by atomic mass is 32.2. The van der Waals surface area contributed by atoms with Gasteiger partial charge in [-0.1, -0.05) is 7.43 Å². The van der Waals surface area contributed by atoms with Crippen LogP contribution in [0.3, 0.4) is 0 Å². The van der Waals surface area contributed by atoms with Gasteiger partial charge in [0.15, 0.2) is 0 Å². The van der Waals surface area contributed by atoms with E-state index in [1.54, 1.807) is 0 Å². The van der Waals surface area contributed by atoms with Gasteiger partial charge >= 0.3 is 0 Å². The monoisotopic (exact) mass is 346 g/mol. The normalized spacial score (nSPS) is 11.1. The average molecular weight is 346 g/mol. The molecule has 12 heteroatoms. The van der Waals surface area contributed by atoms with E-state index in [0.717, 1.165) is 0 Å². The predicted molar refractivity (Wildman–Crippen MR) is 73.0 cm³/mol. The molecular weight excluding hydrogens is 324 g/mol. The molecule has 0 aromatic carbocycles. The van der Waals surface area contributed by atoms with Gasteiger partial charge in [-0.25, -0.2) is 0 Å². The van der Waals surface area contributed by atoms with E-state index < -0.39 is 30.4 Å². The van der Waals surface area contributed by atoms with Crippen LogP contribution in [0.15, 0.2) is 0 Å². The summed E-state index contributed by atoms with van der Waals surface area (Å²) in [5.74, 6) is -0.604. The van der Waals surface area contributed by atoms with Crippen LogP contribution in [0.2, 0.25) is 0 Å². The largest absolute Gasteiger partial charge is 0.286 e. The van der Waals surface area contributed by atoms with Gasteiger partial charge in [-0.05, 0) is 20.8 Å². The second kappa shape index (κ2) is 11.5. The summed E-state index contributed by atoms with van der Waals surface area (Å²) in [5.41, 5.74) is 0. The standard InChI is InChI=1S/3C2H6O3S.CH4/c3*1-2-6(3,4)5;/h3*2H2,1H3,(H,3,4,5);1H4. The Kier molecular flexibility index (Phi) is 16.5. The third-order valence-corrected chi connectivity index (χ3v) is 3.28. The second-order valence-electron chi connectivity index (χ2n) is 2.61. The minimum Gasteiger partial charge on any atom is -0.286 e. The summed E-state index contributed by atoms with van der Waals surface area (Å²) in [7, 11) is -11.0. The molecule has 122 valence electrons. The van der Waals surface area contributed by atoms with Crippen LogP contribution in [0.25, 0.3) is 0 Å². The molecule has 0 saturated carbocycles. The molecular formula is C7H22O9S3. The highest BCUT2D eigenvalue weighted by molar-refractivity contribution is 7.86. The Hall–Kier alpha value is -0.270. The molecule has 0 radical (unpaired) electrons. The summed E-state index contributed by atoms with van der Waals surface area (Å²) in [6, 6.07) is 0. The van der Waals surface area contributed by atoms with Crippen molar-refractivity contribution in [2.24, 2.45) is 0 Å². The van der Waals surface area contributed by atoms with Crippen LogP contribution in [0.5, 0.6) is 0 Å². The van der Waals surface area contributed by atoms with E-state index in [4.69, 9.17) is 13.7 Å². The highest BCUT2D eigenvalue weighted by Crippen LogP contribution is 1.75. The van der Waals surface area contributed by atoms with Crippen molar-refractivity contribution in [3.05, 3.63) is 0 Å². The molecule has 0 aliphatic rings. The van der Waals surface area contributed by atoms with Gasteiger partial charge in [-0.15, -0.1) is 0 Å². The van der Waals surface area contributed by atoms with Crippen molar-refractivity contribution in [1.29, 1.82) is 0 Å². The molecule has 0 heterocycles. The topological polar surface area (TPSA) is 163 Å². The summed E-state index contributed by atoms with van der Waals surface area (Å²) in [4.78, 5) is 0. The van der Waals surface area contributed by atoms with Crippen molar-refractivity contribution in [3.63, 3.8) is 0 Å². The lowest BCUT2D eigenvalue weighted by Crippen LogP contribution is -1.97. The van der Waals surface area contributed by atoms with Crippen LogP contribution in [0.1, 0.15) is 28.2 Å². The molecule has 0 fully saturated rings. The molecule has 0 aromatic rings. The fraction of sp³-hybridized carbons (Fsp3) is 1.00. The van der Waals surface area contributed by atoms with Gasteiger partial charge in [0.1, 0.15) is 0 Å². The fourth-order valence-corrected chi connectivity index (χ4v) is 0. The zero-order valence-electron chi connectivity index (χ0n) is 10.1. The quantitative estimate of drug-likeness (QED) is 0.610. The highest BCUT2D eigenvalue weighted by Gasteiger charge is 1.94. The van der Waals surface area contributed by atoms with E-state index in [9.17, 15) is 25.3 Å². The van der Waals surface area contributed by atoms with Crippen molar-refractivity contribution < 1.29 is 38.9 Å². The maximum Gasteiger partial charge on any atom is 0.264 e. The number of hydrogen-bond acceptors (Lipinski definition) is 6. The van der Waals surface area contributed by atoms with Gasteiger partial charge in [-0.3, -0.25) is 13.7 Å². The molecule has 0 saturated heterocycles. The van der Waals surface area contributed by atoms with Gasteiger partial charge in [0, 0.05) is 0 Å². The van der Waals surface area contributed by atoms with E-state index >= 15 is 0 Å². The molecule has 0 atom stereocenters. The average Bonchev–Trinajstić information content (AvgIpc) is 2.16. The van der Waals surface area contributed by atoms with Crippen LogP contribution < -0.4 is 0 Å². The van der Waals surface area contributed by atoms with Crippen LogP contribution in [0.4, 0.5) is 0 Å². The van der Waals surface area contributed by atoms with E-state index in [0.29, 0.717) is 0 Å². The first-order valence-electron chi connectivity index (χ1n) is 4.54. The van der Waals surface area contributed by atoms with Crippen LogP contribution >= 0.6 is 0 Å². The lowest BCUT2D eigenvalue weighted by atomic mass is 11.0. The molecule has 0 aliphatic heterocycles. The van der Waals surface area contributed by atoms with Gasteiger partial charge < -0.3 is 0 Å². The molecule has 0 aliphatic carbocycles. The maximum atomic E-state index is 9.56. The van der Waals surface area contributed by atoms with E-state index in [-0.39, 0.29) is 24.7 Å². The SMILES string of the molecule is C.CCS(=O)(=O)O.CCS(=O)(=O)O.CCS(=O)(=O)O. The first-order chi connectivity index (χ1) is 7.68. The van der Waals surface area contributed by atoms with Crippen molar-refractivity contribution in [3.8, 4) is 0 Å². The van der Waals surface area contributed by atoms with Crippen molar-refractivity contribution in [2.45, 2.75) is 28.2 Å². The van der Waals surface area contributed by atoms with Crippen molar-refractivity contribution in [1.82, 2.24) is 0 Å². The smallest absolute Gasteiger partial charge is 0.264 e. The summed E-state index contributed by atoms with van der Waals surface area (Å²) >= 11 is 0. The van der Waals surface area contributed by atoms with Crippen LogP contribution in [-0.2, 0) is 30.4 Å². The Bertz CT molecular complexity index is 410. The Morgan fingerprint density at radius 1 is 0.579 bits per heavy atom. The molecule has 9 nitrogen and oxygen atoms in total. The molecule has 0 aromatic heterocycles. The molecule has 3 N–H and O–H groups in total. The van der Waals surface area contributed by atoms with Crippen molar-refractivity contribution >= 4 is 30.4 Å². The summed E-state index contributed by atoms with van der Waals surface area (Å²) < 4.78 is 80.7. The minimum absolute atomic E-state index is 0. The molecule has 0 spiro atoms. The minimum atomic E-state index is -3.66. The Morgan fingerprint density at radius 3 is 0.632 bits per heavy atom. The molecule has 0 bridgehead atoms. The zero-order chi connectivity index (χ0) is 15.6. The molecule has 0 rings (SSSR count).